The van der Waals surface area contributed by atoms with E-state index in [1.165, 1.54) is 12.1 Å². The number of nitrogens with zero attached hydrogens (tertiary/aromatic N) is 2. The molecule has 0 aliphatic heterocycles. The summed E-state index contributed by atoms with van der Waals surface area (Å²) < 4.78 is 39.2. The summed E-state index contributed by atoms with van der Waals surface area (Å²) in [6.45, 7) is 3.32. The molecule has 0 aliphatic carbocycles. The van der Waals surface area contributed by atoms with Gasteiger partial charge in [0.2, 0.25) is 0 Å². The minimum atomic E-state index is -4.28. The van der Waals surface area contributed by atoms with Crippen molar-refractivity contribution in [3.63, 3.8) is 0 Å². The molecule has 0 spiro atoms. The largest absolute Gasteiger partial charge is 0.416 e. The van der Waals surface area contributed by atoms with Crippen LogP contribution in [0.25, 0.3) is 0 Å². The maximum absolute atomic E-state index is 12.4. The lowest BCUT2D eigenvalue weighted by atomic mass is 10.1. The van der Waals surface area contributed by atoms with Crippen LogP contribution in [0.2, 0.25) is 0 Å². The van der Waals surface area contributed by atoms with Gasteiger partial charge >= 0.3 is 6.18 Å². The molecule has 1 unspecified atom stereocenters. The molecule has 2 aromatic rings. The summed E-state index contributed by atoms with van der Waals surface area (Å²) in [6.07, 6.45) is 1.04. The van der Waals surface area contributed by atoms with Crippen LogP contribution in [0.4, 0.5) is 13.2 Å². The Labute approximate surface area is 115 Å². The number of aromatic nitrogens is 2. The molecule has 0 saturated heterocycles. The minimum Gasteiger partial charge on any atom is -0.336 e. The quantitative estimate of drug-likeness (QED) is 0.914. The monoisotopic (exact) mass is 283 g/mol. The molecular formula is C14H16F3N3. The summed E-state index contributed by atoms with van der Waals surface area (Å²) in [7, 11) is 0. The van der Waals surface area contributed by atoms with Gasteiger partial charge in [0.25, 0.3) is 0 Å². The first-order valence-electron chi connectivity index (χ1n) is 6.30. The molecule has 1 aromatic carbocycles. The summed E-state index contributed by atoms with van der Waals surface area (Å²) in [4.78, 5) is 3.95. The Morgan fingerprint density at radius 2 is 1.95 bits per heavy atom. The van der Waals surface area contributed by atoms with Crippen LogP contribution in [0.1, 0.15) is 18.1 Å². The Morgan fingerprint density at radius 1 is 1.25 bits per heavy atom. The molecule has 0 aliphatic rings. The fourth-order valence-corrected chi connectivity index (χ4v) is 1.88. The van der Waals surface area contributed by atoms with Crippen molar-refractivity contribution in [2.24, 2.45) is 0 Å². The topological polar surface area (TPSA) is 29.9 Å². The SMILES string of the molecule is CC(Cn1ccnc1)NCc1ccc(C(F)(F)F)cc1. The van der Waals surface area contributed by atoms with Crippen LogP contribution in [0.3, 0.4) is 0 Å². The highest BCUT2D eigenvalue weighted by Gasteiger charge is 2.29. The van der Waals surface area contributed by atoms with E-state index in [2.05, 4.69) is 10.3 Å². The van der Waals surface area contributed by atoms with Gasteiger partial charge in [0.05, 0.1) is 11.9 Å². The Bertz CT molecular complexity index is 518. The highest BCUT2D eigenvalue weighted by atomic mass is 19.4. The molecule has 20 heavy (non-hydrogen) atoms. The Kier molecular flexibility index (Phi) is 4.44. The van der Waals surface area contributed by atoms with Crippen molar-refractivity contribution in [3.05, 3.63) is 54.1 Å². The molecule has 6 heteroatoms. The zero-order valence-corrected chi connectivity index (χ0v) is 11.1. The zero-order chi connectivity index (χ0) is 14.6. The molecule has 1 atom stereocenters. The van der Waals surface area contributed by atoms with Crippen LogP contribution in [-0.2, 0) is 19.3 Å². The van der Waals surface area contributed by atoms with Gasteiger partial charge in [-0.15, -0.1) is 0 Å². The lowest BCUT2D eigenvalue weighted by molar-refractivity contribution is -0.137. The van der Waals surface area contributed by atoms with E-state index in [9.17, 15) is 13.2 Å². The van der Waals surface area contributed by atoms with Crippen molar-refractivity contribution in [2.45, 2.75) is 32.2 Å². The molecule has 1 aromatic heterocycles. The number of rotatable bonds is 5. The maximum Gasteiger partial charge on any atom is 0.416 e. The van der Waals surface area contributed by atoms with Crippen LogP contribution in [0, 0.1) is 0 Å². The third-order valence-electron chi connectivity index (χ3n) is 2.98. The Balaban J connectivity index is 1.84. The lowest BCUT2D eigenvalue weighted by Crippen LogP contribution is -2.29. The smallest absolute Gasteiger partial charge is 0.336 e. The lowest BCUT2D eigenvalue weighted by Gasteiger charge is -2.14. The average Bonchev–Trinajstić information content (AvgIpc) is 2.88. The third kappa shape index (κ3) is 4.09. The van der Waals surface area contributed by atoms with Gasteiger partial charge in [-0.2, -0.15) is 13.2 Å². The number of nitrogens with one attached hydrogen (secondary N) is 1. The van der Waals surface area contributed by atoms with Crippen LogP contribution >= 0.6 is 0 Å². The Morgan fingerprint density at radius 3 is 2.50 bits per heavy atom. The number of imidazole rings is 1. The van der Waals surface area contributed by atoms with E-state index >= 15 is 0 Å². The van der Waals surface area contributed by atoms with Gasteiger partial charge in [-0.05, 0) is 24.6 Å². The van der Waals surface area contributed by atoms with Gasteiger partial charge in [-0.3, -0.25) is 0 Å². The molecule has 1 N–H and O–H groups in total. The van der Waals surface area contributed by atoms with E-state index in [1.807, 2.05) is 17.7 Å². The molecule has 108 valence electrons. The normalized spacial score (nSPS) is 13.4. The number of hydrogen-bond acceptors (Lipinski definition) is 2. The maximum atomic E-state index is 12.4. The van der Waals surface area contributed by atoms with Gasteiger partial charge in [-0.25, -0.2) is 4.98 Å². The fraction of sp³-hybridized carbons (Fsp3) is 0.357. The number of alkyl halides is 3. The van der Waals surface area contributed by atoms with E-state index in [0.717, 1.165) is 24.2 Å². The van der Waals surface area contributed by atoms with Gasteiger partial charge in [0.15, 0.2) is 0 Å². The van der Waals surface area contributed by atoms with Crippen LogP contribution in [0.5, 0.6) is 0 Å². The van der Waals surface area contributed by atoms with Crippen LogP contribution < -0.4 is 5.32 Å². The average molecular weight is 283 g/mol. The second-order valence-corrected chi connectivity index (χ2v) is 4.74. The Hall–Kier alpha value is -1.82. The van der Waals surface area contributed by atoms with Gasteiger partial charge in [0.1, 0.15) is 0 Å². The highest BCUT2D eigenvalue weighted by Crippen LogP contribution is 2.29. The molecule has 3 nitrogen and oxygen atoms in total. The first-order chi connectivity index (χ1) is 9.45. The first kappa shape index (κ1) is 14.6. The third-order valence-corrected chi connectivity index (χ3v) is 2.98. The fourth-order valence-electron chi connectivity index (χ4n) is 1.88. The summed E-state index contributed by atoms with van der Waals surface area (Å²) in [5, 5.41) is 3.27. The molecule has 2 rings (SSSR count). The van der Waals surface area contributed by atoms with E-state index < -0.39 is 11.7 Å². The number of halogens is 3. The van der Waals surface area contributed by atoms with Crippen molar-refractivity contribution >= 4 is 0 Å². The molecule has 0 saturated carbocycles. The first-order valence-corrected chi connectivity index (χ1v) is 6.30. The van der Waals surface area contributed by atoms with Crippen LogP contribution in [-0.4, -0.2) is 15.6 Å². The summed E-state index contributed by atoms with van der Waals surface area (Å²) >= 11 is 0. The molecule has 0 radical (unpaired) electrons. The van der Waals surface area contributed by atoms with Gasteiger partial charge in [-0.1, -0.05) is 12.1 Å². The van der Waals surface area contributed by atoms with Crippen molar-refractivity contribution in [2.75, 3.05) is 0 Å². The van der Waals surface area contributed by atoms with Gasteiger partial charge in [0, 0.05) is 31.5 Å². The molecule has 0 fully saturated rings. The molecule has 0 amide bonds. The molecule has 1 heterocycles. The van der Waals surface area contributed by atoms with Crippen LogP contribution in [0.15, 0.2) is 43.0 Å². The van der Waals surface area contributed by atoms with Crippen molar-refractivity contribution in [3.8, 4) is 0 Å². The van der Waals surface area contributed by atoms with E-state index in [4.69, 9.17) is 0 Å². The summed E-state index contributed by atoms with van der Waals surface area (Å²) in [5.74, 6) is 0. The van der Waals surface area contributed by atoms with Gasteiger partial charge < -0.3 is 9.88 Å². The van der Waals surface area contributed by atoms with E-state index in [0.29, 0.717) is 6.54 Å². The predicted molar refractivity (Wildman–Crippen MR) is 70.0 cm³/mol. The second-order valence-electron chi connectivity index (χ2n) is 4.74. The number of benzene rings is 1. The second kappa shape index (κ2) is 6.09. The van der Waals surface area contributed by atoms with E-state index in [-0.39, 0.29) is 6.04 Å². The standard InChI is InChI=1S/C14H16F3N3/c1-11(9-20-7-6-18-10-20)19-8-12-2-4-13(5-3-12)14(15,16)17/h2-7,10-11,19H,8-9H2,1H3. The molecule has 0 bridgehead atoms. The van der Waals surface area contributed by atoms with E-state index in [1.54, 1.807) is 12.5 Å². The number of hydrogen-bond donors (Lipinski definition) is 1. The zero-order valence-electron chi connectivity index (χ0n) is 11.1. The highest BCUT2D eigenvalue weighted by molar-refractivity contribution is 5.24. The minimum absolute atomic E-state index is 0.200. The predicted octanol–water partition coefficient (Wildman–Crippen LogP) is 3.08. The van der Waals surface area contributed by atoms with Crippen molar-refractivity contribution < 1.29 is 13.2 Å². The summed E-state index contributed by atoms with van der Waals surface area (Å²) in [5.41, 5.74) is 0.211. The van der Waals surface area contributed by atoms with Crippen molar-refractivity contribution in [1.82, 2.24) is 14.9 Å². The van der Waals surface area contributed by atoms with Crippen molar-refractivity contribution in [1.29, 1.82) is 0 Å². The summed E-state index contributed by atoms with van der Waals surface area (Å²) in [6, 6.07) is 5.42. The molecular weight excluding hydrogens is 267 g/mol.